The van der Waals surface area contributed by atoms with Crippen LogP contribution in [0.4, 0.5) is 0 Å². The van der Waals surface area contributed by atoms with Gasteiger partial charge in [0.15, 0.2) is 5.96 Å². The van der Waals surface area contributed by atoms with E-state index in [-0.39, 0.29) is 24.0 Å². The van der Waals surface area contributed by atoms with Gasteiger partial charge in [0.1, 0.15) is 5.76 Å². The van der Waals surface area contributed by atoms with Gasteiger partial charge in [-0.2, -0.15) is 11.8 Å². The number of rotatable bonds is 8. The lowest BCUT2D eigenvalue weighted by Gasteiger charge is -2.17. The fraction of sp³-hybridized carbons (Fsp3) is 0.688. The Bertz CT molecular complexity index is 443. The van der Waals surface area contributed by atoms with Gasteiger partial charge in [0.2, 0.25) is 0 Å². The Balaban J connectivity index is 0.00000264. The molecule has 5 nitrogen and oxygen atoms in total. The minimum Gasteiger partial charge on any atom is -0.469 e. The van der Waals surface area contributed by atoms with Crippen LogP contribution >= 0.6 is 35.7 Å². The molecular weight excluding hydrogens is 425 g/mol. The van der Waals surface area contributed by atoms with E-state index in [2.05, 4.69) is 21.9 Å². The molecule has 0 amide bonds. The fourth-order valence-corrected chi connectivity index (χ4v) is 3.44. The summed E-state index contributed by atoms with van der Waals surface area (Å²) in [6, 6.07) is 4.44. The van der Waals surface area contributed by atoms with Crippen molar-refractivity contribution in [3.8, 4) is 0 Å². The predicted octanol–water partition coefficient (Wildman–Crippen LogP) is 2.91. The highest BCUT2D eigenvalue weighted by molar-refractivity contribution is 14.0. The standard InChI is InChI=1S/C16H27N3O2S.HI/c1-20-11-9-18-16(17-8-7-14-4-3-10-21-14)19-13-5-6-15(12-13)22-2;/h3-4,10,13,15H,5-9,11-12H2,1-2H3,(H2,17,18,19);1H. The second kappa shape index (κ2) is 12.0. The molecule has 1 aliphatic rings. The van der Waals surface area contributed by atoms with Gasteiger partial charge in [-0.05, 0) is 37.7 Å². The van der Waals surface area contributed by atoms with E-state index in [1.54, 1.807) is 13.4 Å². The van der Waals surface area contributed by atoms with Crippen molar-refractivity contribution in [3.63, 3.8) is 0 Å². The summed E-state index contributed by atoms with van der Waals surface area (Å²) in [6.07, 6.45) is 8.48. The zero-order chi connectivity index (χ0) is 15.6. The van der Waals surface area contributed by atoms with Crippen LogP contribution in [0.5, 0.6) is 0 Å². The van der Waals surface area contributed by atoms with Gasteiger partial charge in [0.05, 0.1) is 19.4 Å². The number of ether oxygens (including phenoxy) is 1. The van der Waals surface area contributed by atoms with Crippen LogP contribution in [0.2, 0.25) is 0 Å². The lowest BCUT2D eigenvalue weighted by molar-refractivity contribution is 0.208. The minimum atomic E-state index is 0. The number of thioether (sulfide) groups is 1. The number of nitrogens with zero attached hydrogens (tertiary/aromatic N) is 1. The fourth-order valence-electron chi connectivity index (χ4n) is 2.64. The number of halogens is 1. The van der Waals surface area contributed by atoms with Crippen LogP contribution in [0.3, 0.4) is 0 Å². The molecule has 1 saturated carbocycles. The van der Waals surface area contributed by atoms with E-state index in [4.69, 9.17) is 9.15 Å². The second-order valence-corrected chi connectivity index (χ2v) is 6.63. The van der Waals surface area contributed by atoms with E-state index in [0.717, 1.165) is 29.9 Å². The molecule has 2 unspecified atom stereocenters. The Morgan fingerprint density at radius 2 is 2.35 bits per heavy atom. The number of furan rings is 1. The second-order valence-electron chi connectivity index (χ2n) is 5.49. The van der Waals surface area contributed by atoms with Crippen LogP contribution in [0.25, 0.3) is 0 Å². The number of methoxy groups -OCH3 is 1. The summed E-state index contributed by atoms with van der Waals surface area (Å²) < 4.78 is 10.4. The van der Waals surface area contributed by atoms with Crippen LogP contribution in [-0.4, -0.2) is 50.3 Å². The Morgan fingerprint density at radius 3 is 3.00 bits per heavy atom. The molecule has 1 aromatic heterocycles. The summed E-state index contributed by atoms with van der Waals surface area (Å²) in [5.41, 5.74) is 0. The third kappa shape index (κ3) is 7.80. The number of guanidine groups is 1. The third-order valence-corrected chi connectivity index (χ3v) is 4.96. The Hall–Kier alpha value is -0.410. The SMILES string of the molecule is COCCN=C(NCCc1ccco1)NC1CCC(SC)C1.I. The first-order chi connectivity index (χ1) is 10.8. The third-order valence-electron chi connectivity index (χ3n) is 3.87. The molecule has 0 aromatic carbocycles. The molecule has 132 valence electrons. The summed E-state index contributed by atoms with van der Waals surface area (Å²) >= 11 is 1.97. The van der Waals surface area contributed by atoms with Crippen molar-refractivity contribution in [1.82, 2.24) is 10.6 Å². The number of hydrogen-bond acceptors (Lipinski definition) is 4. The Kier molecular flexibility index (Phi) is 10.8. The van der Waals surface area contributed by atoms with Gasteiger partial charge < -0.3 is 19.8 Å². The van der Waals surface area contributed by atoms with Crippen molar-refractivity contribution >= 4 is 41.7 Å². The van der Waals surface area contributed by atoms with Gasteiger partial charge in [-0.25, -0.2) is 0 Å². The highest BCUT2D eigenvalue weighted by atomic mass is 127. The van der Waals surface area contributed by atoms with Crippen LogP contribution < -0.4 is 10.6 Å². The van der Waals surface area contributed by atoms with E-state index in [1.165, 1.54) is 19.3 Å². The normalized spacial score (nSPS) is 21.0. The summed E-state index contributed by atoms with van der Waals surface area (Å²) in [5.74, 6) is 1.88. The lowest BCUT2D eigenvalue weighted by atomic mass is 10.2. The number of aliphatic imine (C=N–C) groups is 1. The Labute approximate surface area is 160 Å². The minimum absolute atomic E-state index is 0. The Morgan fingerprint density at radius 1 is 1.48 bits per heavy atom. The van der Waals surface area contributed by atoms with E-state index in [9.17, 15) is 0 Å². The van der Waals surface area contributed by atoms with Crippen molar-refractivity contribution < 1.29 is 9.15 Å². The quantitative estimate of drug-likeness (QED) is 0.275. The van der Waals surface area contributed by atoms with Crippen molar-refractivity contribution in [2.24, 2.45) is 4.99 Å². The molecule has 1 aliphatic carbocycles. The zero-order valence-electron chi connectivity index (χ0n) is 13.9. The van der Waals surface area contributed by atoms with Gasteiger partial charge in [-0.3, -0.25) is 4.99 Å². The van der Waals surface area contributed by atoms with Crippen LogP contribution in [0, 0.1) is 0 Å². The molecule has 2 rings (SSSR count). The maximum Gasteiger partial charge on any atom is 0.191 e. The molecule has 2 atom stereocenters. The van der Waals surface area contributed by atoms with Crippen molar-refractivity contribution in [2.75, 3.05) is 33.1 Å². The van der Waals surface area contributed by atoms with Crippen LogP contribution in [0.1, 0.15) is 25.0 Å². The smallest absolute Gasteiger partial charge is 0.191 e. The first kappa shape index (κ1) is 20.6. The first-order valence-electron chi connectivity index (χ1n) is 7.90. The summed E-state index contributed by atoms with van der Waals surface area (Å²) in [5, 5.41) is 7.73. The highest BCUT2D eigenvalue weighted by Crippen LogP contribution is 2.27. The van der Waals surface area contributed by atoms with E-state index in [0.29, 0.717) is 19.2 Å². The van der Waals surface area contributed by atoms with E-state index in [1.807, 2.05) is 23.9 Å². The van der Waals surface area contributed by atoms with Crippen molar-refractivity contribution in [2.45, 2.75) is 37.0 Å². The molecule has 1 fully saturated rings. The monoisotopic (exact) mass is 453 g/mol. The van der Waals surface area contributed by atoms with Gasteiger partial charge in [-0.15, -0.1) is 24.0 Å². The molecule has 1 heterocycles. The van der Waals surface area contributed by atoms with Gasteiger partial charge in [0, 0.05) is 31.4 Å². The number of hydrogen-bond donors (Lipinski definition) is 2. The largest absolute Gasteiger partial charge is 0.469 e. The van der Waals surface area contributed by atoms with Crippen molar-refractivity contribution in [3.05, 3.63) is 24.2 Å². The maximum atomic E-state index is 5.35. The molecule has 7 heteroatoms. The molecule has 0 radical (unpaired) electrons. The molecule has 2 N–H and O–H groups in total. The van der Waals surface area contributed by atoms with Crippen LogP contribution in [-0.2, 0) is 11.2 Å². The maximum absolute atomic E-state index is 5.35. The molecule has 0 spiro atoms. The zero-order valence-corrected chi connectivity index (χ0v) is 17.1. The molecule has 0 aliphatic heterocycles. The molecule has 0 bridgehead atoms. The average molecular weight is 453 g/mol. The van der Waals surface area contributed by atoms with E-state index >= 15 is 0 Å². The summed E-state index contributed by atoms with van der Waals surface area (Å²) in [6.45, 7) is 2.12. The number of nitrogens with one attached hydrogen (secondary N) is 2. The first-order valence-corrected chi connectivity index (χ1v) is 9.19. The predicted molar refractivity (Wildman–Crippen MR) is 108 cm³/mol. The van der Waals surface area contributed by atoms with Gasteiger partial charge >= 0.3 is 0 Å². The molecule has 1 aromatic rings. The average Bonchev–Trinajstić information content (AvgIpc) is 3.18. The molecule has 0 saturated heterocycles. The highest BCUT2D eigenvalue weighted by Gasteiger charge is 2.24. The lowest BCUT2D eigenvalue weighted by Crippen LogP contribution is -2.43. The summed E-state index contributed by atoms with van der Waals surface area (Å²) in [7, 11) is 1.70. The molecular formula is C16H28IN3O2S. The van der Waals surface area contributed by atoms with Crippen LogP contribution in [0.15, 0.2) is 27.8 Å². The summed E-state index contributed by atoms with van der Waals surface area (Å²) in [4.78, 5) is 4.58. The van der Waals surface area contributed by atoms with Gasteiger partial charge in [0.25, 0.3) is 0 Å². The topological polar surface area (TPSA) is 58.8 Å². The van der Waals surface area contributed by atoms with Gasteiger partial charge in [-0.1, -0.05) is 0 Å². The van der Waals surface area contributed by atoms with E-state index < -0.39 is 0 Å². The van der Waals surface area contributed by atoms with Crippen molar-refractivity contribution in [1.29, 1.82) is 0 Å². The molecule has 23 heavy (non-hydrogen) atoms.